The minimum absolute atomic E-state index is 0.0196. The third-order valence-corrected chi connectivity index (χ3v) is 9.62. The Morgan fingerprint density at radius 3 is 2.55 bits per heavy atom. The molecule has 2 aliphatic heterocycles. The summed E-state index contributed by atoms with van der Waals surface area (Å²) >= 11 is 0. The number of fused-ring (bicyclic) bond motifs is 2. The van der Waals surface area contributed by atoms with Gasteiger partial charge in [-0.05, 0) is 75.1 Å². The zero-order chi connectivity index (χ0) is 29.6. The summed E-state index contributed by atoms with van der Waals surface area (Å²) in [4.78, 5) is 29.0. The summed E-state index contributed by atoms with van der Waals surface area (Å²) in [5.74, 6) is 0.0196. The standard InChI is InChI=1S/C32H38F3N5O2/c1-4-42-27-19-22-18-23(32(33,34)35)7-8-24(22)28(27)40-17-16-39(20-21(40)2)31(3)10-14-38(15-11-31)30(41)26-9-13-37-29-25(26)6-5-12-36-29/h5-9,12-13,18,21,27-28H,4,10-11,14-17,19-20H2,1-3H3/t21-,27-,28?/m0/s1. The van der Waals surface area contributed by atoms with Crippen LogP contribution in [0.25, 0.3) is 11.0 Å². The Bertz CT molecular complexity index is 1450. The van der Waals surface area contributed by atoms with Crippen molar-refractivity contribution >= 4 is 16.9 Å². The van der Waals surface area contributed by atoms with Crippen molar-refractivity contribution in [1.29, 1.82) is 0 Å². The third-order valence-electron chi connectivity index (χ3n) is 9.62. The van der Waals surface area contributed by atoms with Crippen molar-refractivity contribution in [1.82, 2.24) is 24.7 Å². The van der Waals surface area contributed by atoms with Gasteiger partial charge in [-0.3, -0.25) is 14.6 Å². The minimum atomic E-state index is -4.36. The average Bonchev–Trinajstić information content (AvgIpc) is 3.33. The molecule has 4 heterocycles. The van der Waals surface area contributed by atoms with Gasteiger partial charge >= 0.3 is 6.18 Å². The maximum Gasteiger partial charge on any atom is 0.416 e. The Morgan fingerprint density at radius 2 is 1.83 bits per heavy atom. The van der Waals surface area contributed by atoms with E-state index in [4.69, 9.17) is 4.74 Å². The molecule has 2 fully saturated rings. The first-order valence-corrected chi connectivity index (χ1v) is 14.9. The van der Waals surface area contributed by atoms with Gasteiger partial charge in [0.25, 0.3) is 5.91 Å². The van der Waals surface area contributed by atoms with Crippen LogP contribution in [0.15, 0.2) is 48.8 Å². The van der Waals surface area contributed by atoms with Gasteiger partial charge in [0.1, 0.15) is 0 Å². The molecule has 7 nitrogen and oxygen atoms in total. The normalized spacial score (nSPS) is 25.1. The van der Waals surface area contributed by atoms with E-state index in [9.17, 15) is 18.0 Å². The number of rotatable bonds is 5. The van der Waals surface area contributed by atoms with Gasteiger partial charge in [0, 0.05) is 75.1 Å². The number of nitrogens with zero attached hydrogens (tertiary/aromatic N) is 5. The molecule has 1 amide bonds. The zero-order valence-electron chi connectivity index (χ0n) is 24.4. The fourth-order valence-electron chi connectivity index (χ4n) is 7.25. The van der Waals surface area contributed by atoms with Crippen molar-refractivity contribution in [3.05, 3.63) is 71.0 Å². The maximum atomic E-state index is 13.5. The molecular weight excluding hydrogens is 543 g/mol. The summed E-state index contributed by atoms with van der Waals surface area (Å²) in [6, 6.07) is 9.83. The molecule has 10 heteroatoms. The average molecular weight is 582 g/mol. The molecule has 0 radical (unpaired) electrons. The highest BCUT2D eigenvalue weighted by Crippen LogP contribution is 2.43. The number of piperazine rings is 1. The first kappa shape index (κ1) is 29.0. The second-order valence-electron chi connectivity index (χ2n) is 12.1. The van der Waals surface area contributed by atoms with Crippen molar-refractivity contribution in [2.75, 3.05) is 39.3 Å². The van der Waals surface area contributed by atoms with E-state index >= 15 is 0 Å². The summed E-state index contributed by atoms with van der Waals surface area (Å²) in [7, 11) is 0. The Morgan fingerprint density at radius 1 is 1.07 bits per heavy atom. The van der Waals surface area contributed by atoms with Crippen molar-refractivity contribution in [2.24, 2.45) is 0 Å². The molecule has 1 unspecified atom stereocenters. The molecule has 0 bridgehead atoms. The van der Waals surface area contributed by atoms with Crippen LogP contribution in [0.2, 0.25) is 0 Å². The van der Waals surface area contributed by atoms with Gasteiger partial charge in [-0.25, -0.2) is 9.97 Å². The number of hydrogen-bond donors (Lipinski definition) is 0. The molecule has 3 atom stereocenters. The number of amides is 1. The third kappa shape index (κ3) is 5.29. The maximum absolute atomic E-state index is 13.5. The molecule has 0 N–H and O–H groups in total. The van der Waals surface area contributed by atoms with Crippen LogP contribution in [-0.4, -0.2) is 87.6 Å². The first-order valence-electron chi connectivity index (χ1n) is 14.9. The minimum Gasteiger partial charge on any atom is -0.376 e. The number of aromatic nitrogens is 2. The molecular formula is C32H38F3N5O2. The lowest BCUT2D eigenvalue weighted by atomic mass is 9.86. The lowest BCUT2D eigenvalue weighted by Crippen LogP contribution is -2.62. The molecule has 42 heavy (non-hydrogen) atoms. The van der Waals surface area contributed by atoms with Crippen molar-refractivity contribution in [3.8, 4) is 0 Å². The fraction of sp³-hybridized carbons (Fsp3) is 0.531. The Hall–Kier alpha value is -3.08. The monoisotopic (exact) mass is 581 g/mol. The van der Waals surface area contributed by atoms with Crippen LogP contribution in [0.5, 0.6) is 0 Å². The number of likely N-dealkylation sites (tertiary alicyclic amines) is 1. The van der Waals surface area contributed by atoms with Gasteiger partial charge in [-0.2, -0.15) is 13.2 Å². The molecule has 2 aromatic heterocycles. The number of benzene rings is 1. The molecule has 0 spiro atoms. The molecule has 0 saturated carbocycles. The van der Waals surface area contributed by atoms with E-state index in [-0.39, 0.29) is 29.6 Å². The van der Waals surface area contributed by atoms with E-state index in [1.54, 1.807) is 24.5 Å². The van der Waals surface area contributed by atoms with Crippen molar-refractivity contribution < 1.29 is 22.7 Å². The smallest absolute Gasteiger partial charge is 0.376 e. The van der Waals surface area contributed by atoms with Gasteiger partial charge in [0.05, 0.1) is 23.3 Å². The van der Waals surface area contributed by atoms with E-state index in [0.717, 1.165) is 49.0 Å². The lowest BCUT2D eigenvalue weighted by Gasteiger charge is -2.53. The van der Waals surface area contributed by atoms with Crippen LogP contribution >= 0.6 is 0 Å². The van der Waals surface area contributed by atoms with Gasteiger partial charge in [0.2, 0.25) is 0 Å². The topological polar surface area (TPSA) is 61.8 Å². The van der Waals surface area contributed by atoms with Crippen LogP contribution in [0, 0.1) is 0 Å². The quantitative estimate of drug-likeness (QED) is 0.405. The van der Waals surface area contributed by atoms with Crippen LogP contribution in [0.4, 0.5) is 13.2 Å². The molecule has 1 aromatic carbocycles. The molecule has 1 aliphatic carbocycles. The number of hydrogen-bond acceptors (Lipinski definition) is 6. The van der Waals surface area contributed by atoms with Gasteiger partial charge in [-0.15, -0.1) is 0 Å². The second kappa shape index (κ2) is 11.2. The molecule has 3 aromatic rings. The summed E-state index contributed by atoms with van der Waals surface area (Å²) in [5, 5.41) is 0.775. The molecule has 224 valence electrons. The predicted molar refractivity (Wildman–Crippen MR) is 154 cm³/mol. The highest BCUT2D eigenvalue weighted by molar-refractivity contribution is 6.05. The highest BCUT2D eigenvalue weighted by atomic mass is 19.4. The molecule has 6 rings (SSSR count). The highest BCUT2D eigenvalue weighted by Gasteiger charge is 2.45. The number of alkyl halides is 3. The Labute approximate surface area is 244 Å². The molecule has 3 aliphatic rings. The summed E-state index contributed by atoms with van der Waals surface area (Å²) in [6.07, 6.45) is 1.06. The summed E-state index contributed by atoms with van der Waals surface area (Å²) in [5.41, 5.74) is 2.29. The SMILES string of the molecule is CCO[C@H]1Cc2cc(C(F)(F)F)ccc2C1N1CCN(C2(C)CCN(C(=O)c3ccnc4ncccc34)CC2)C[C@@H]1C. The van der Waals surface area contributed by atoms with E-state index in [1.165, 1.54) is 12.1 Å². The second-order valence-corrected chi connectivity index (χ2v) is 12.1. The first-order chi connectivity index (χ1) is 20.1. The van der Waals surface area contributed by atoms with E-state index < -0.39 is 11.7 Å². The van der Waals surface area contributed by atoms with Crippen LogP contribution in [0.3, 0.4) is 0 Å². The fourth-order valence-corrected chi connectivity index (χ4v) is 7.25. The Balaban J connectivity index is 1.13. The van der Waals surface area contributed by atoms with E-state index in [1.807, 2.05) is 24.0 Å². The predicted octanol–water partition coefficient (Wildman–Crippen LogP) is 5.35. The number of halogens is 3. The summed E-state index contributed by atoms with van der Waals surface area (Å²) < 4.78 is 46.3. The molecule has 2 saturated heterocycles. The number of carbonyl (C=O) groups is 1. The van der Waals surface area contributed by atoms with E-state index in [2.05, 4.69) is 33.6 Å². The van der Waals surface area contributed by atoms with Crippen LogP contribution in [-0.2, 0) is 17.3 Å². The van der Waals surface area contributed by atoms with Crippen molar-refractivity contribution in [2.45, 2.75) is 69.9 Å². The van der Waals surface area contributed by atoms with Crippen LogP contribution < -0.4 is 0 Å². The van der Waals surface area contributed by atoms with Gasteiger partial charge in [0.15, 0.2) is 5.65 Å². The van der Waals surface area contributed by atoms with Gasteiger partial charge in [-0.1, -0.05) is 6.07 Å². The Kier molecular flexibility index (Phi) is 7.74. The number of ether oxygens (including phenoxy) is 1. The van der Waals surface area contributed by atoms with Gasteiger partial charge < -0.3 is 9.64 Å². The lowest BCUT2D eigenvalue weighted by molar-refractivity contribution is -0.137. The summed E-state index contributed by atoms with van der Waals surface area (Å²) in [6.45, 7) is 10.9. The number of carbonyl (C=O) groups excluding carboxylic acids is 1. The largest absolute Gasteiger partial charge is 0.416 e. The van der Waals surface area contributed by atoms with Crippen LogP contribution in [0.1, 0.15) is 66.7 Å². The van der Waals surface area contributed by atoms with E-state index in [0.29, 0.717) is 37.3 Å². The number of piperidine rings is 1. The van der Waals surface area contributed by atoms with Crippen molar-refractivity contribution in [3.63, 3.8) is 0 Å². The zero-order valence-corrected chi connectivity index (χ0v) is 24.4. The number of pyridine rings is 2.